The number of rotatable bonds is 7. The number of thiazole rings is 1. The van der Waals surface area contributed by atoms with Crippen molar-refractivity contribution in [1.29, 1.82) is 0 Å². The molecule has 1 aromatic heterocycles. The number of nitrogens with zero attached hydrogens (tertiary/aromatic N) is 2. The van der Waals surface area contributed by atoms with Crippen LogP contribution in [-0.2, 0) is 12.8 Å². The third-order valence-electron chi connectivity index (χ3n) is 3.90. The quantitative estimate of drug-likeness (QED) is 0.355. The first-order chi connectivity index (χ1) is 11.6. The summed E-state index contributed by atoms with van der Waals surface area (Å²) in [6.45, 7) is 10.2. The molecule has 0 radical (unpaired) electrons. The normalized spacial score (nSPS) is 12.4. The Labute approximate surface area is 172 Å². The smallest absolute Gasteiger partial charge is 0.191 e. The molecule has 138 valence electrons. The summed E-state index contributed by atoms with van der Waals surface area (Å²) >= 11 is 1.79. The van der Waals surface area contributed by atoms with Gasteiger partial charge in [-0.1, -0.05) is 31.2 Å². The highest BCUT2D eigenvalue weighted by molar-refractivity contribution is 14.0. The van der Waals surface area contributed by atoms with Gasteiger partial charge < -0.3 is 10.6 Å². The molecule has 1 unspecified atom stereocenters. The number of hydrogen-bond acceptors (Lipinski definition) is 3. The zero-order valence-electron chi connectivity index (χ0n) is 15.5. The molecule has 0 amide bonds. The van der Waals surface area contributed by atoms with Gasteiger partial charge in [0.25, 0.3) is 0 Å². The van der Waals surface area contributed by atoms with E-state index in [0.717, 1.165) is 31.9 Å². The Balaban J connectivity index is 0.00000312. The largest absolute Gasteiger partial charge is 0.357 e. The van der Waals surface area contributed by atoms with Gasteiger partial charge in [0.1, 0.15) is 0 Å². The van der Waals surface area contributed by atoms with Gasteiger partial charge in [-0.25, -0.2) is 4.98 Å². The number of nitrogens with one attached hydrogen (secondary N) is 2. The summed E-state index contributed by atoms with van der Waals surface area (Å²) in [4.78, 5) is 10.5. The van der Waals surface area contributed by atoms with E-state index in [9.17, 15) is 0 Å². The monoisotopic (exact) mass is 472 g/mol. The molecule has 4 nitrogen and oxygen atoms in total. The molecule has 0 saturated carbocycles. The lowest BCUT2D eigenvalue weighted by Gasteiger charge is -2.19. The Morgan fingerprint density at radius 3 is 2.68 bits per heavy atom. The molecule has 0 saturated heterocycles. The molecule has 1 aromatic carbocycles. The number of aryl methyl sites for hydroxylation is 2. The van der Waals surface area contributed by atoms with Crippen LogP contribution in [0.15, 0.2) is 35.5 Å². The van der Waals surface area contributed by atoms with Gasteiger partial charge in [0.2, 0.25) is 0 Å². The van der Waals surface area contributed by atoms with E-state index in [1.54, 1.807) is 11.3 Å². The molecule has 0 aliphatic rings. The second-order valence-corrected chi connectivity index (χ2v) is 7.01. The first-order valence-corrected chi connectivity index (χ1v) is 9.49. The number of aliphatic imine (C=N–C) groups is 1. The number of guanidine groups is 1. The predicted octanol–water partition coefficient (Wildman–Crippen LogP) is 4.49. The number of aromatic nitrogens is 1. The number of halogens is 1. The molecule has 1 atom stereocenters. The summed E-state index contributed by atoms with van der Waals surface area (Å²) in [5, 5.41) is 7.99. The molecule has 2 N–H and O–H groups in total. The molecule has 0 aliphatic heterocycles. The van der Waals surface area contributed by atoms with Gasteiger partial charge in [-0.2, -0.15) is 0 Å². The lowest BCUT2D eigenvalue weighted by atomic mass is 10.0. The van der Waals surface area contributed by atoms with Crippen molar-refractivity contribution in [3.8, 4) is 0 Å². The van der Waals surface area contributed by atoms with E-state index in [1.807, 2.05) is 6.20 Å². The minimum atomic E-state index is 0. The van der Waals surface area contributed by atoms with Gasteiger partial charge in [-0.3, -0.25) is 4.99 Å². The van der Waals surface area contributed by atoms with Crippen molar-refractivity contribution in [2.24, 2.45) is 4.99 Å². The predicted molar refractivity (Wildman–Crippen MR) is 119 cm³/mol. The van der Waals surface area contributed by atoms with Crippen LogP contribution in [0, 0.1) is 6.92 Å². The fraction of sp³-hybridized carbons (Fsp3) is 0.474. The highest BCUT2D eigenvalue weighted by Gasteiger charge is 2.09. The van der Waals surface area contributed by atoms with Gasteiger partial charge in [0.05, 0.1) is 11.0 Å². The van der Waals surface area contributed by atoms with Crippen LogP contribution in [0.4, 0.5) is 0 Å². The highest BCUT2D eigenvalue weighted by atomic mass is 127. The molecule has 1 heterocycles. The number of benzene rings is 1. The van der Waals surface area contributed by atoms with Crippen molar-refractivity contribution in [2.75, 3.05) is 13.1 Å². The van der Waals surface area contributed by atoms with Gasteiger partial charge in [0.15, 0.2) is 5.96 Å². The van der Waals surface area contributed by atoms with Crippen LogP contribution in [0.2, 0.25) is 0 Å². The minimum Gasteiger partial charge on any atom is -0.357 e. The summed E-state index contributed by atoms with van der Waals surface area (Å²) in [6, 6.07) is 8.68. The van der Waals surface area contributed by atoms with E-state index in [1.165, 1.54) is 21.0 Å². The molecule has 6 heteroatoms. The van der Waals surface area contributed by atoms with Crippen LogP contribution in [0.5, 0.6) is 0 Å². The third-order valence-corrected chi connectivity index (χ3v) is 5.10. The summed E-state index contributed by atoms with van der Waals surface area (Å²) in [6.07, 6.45) is 3.92. The maximum Gasteiger partial charge on any atom is 0.191 e. The Hall–Kier alpha value is -1.15. The van der Waals surface area contributed by atoms with E-state index >= 15 is 0 Å². The second-order valence-electron chi connectivity index (χ2n) is 5.81. The van der Waals surface area contributed by atoms with Crippen molar-refractivity contribution in [1.82, 2.24) is 15.6 Å². The van der Waals surface area contributed by atoms with Crippen LogP contribution in [0.1, 0.15) is 47.8 Å². The average molecular weight is 472 g/mol. The molecule has 0 fully saturated rings. The van der Waals surface area contributed by atoms with Crippen LogP contribution in [0.25, 0.3) is 0 Å². The third kappa shape index (κ3) is 6.93. The lowest BCUT2D eigenvalue weighted by molar-refractivity contribution is 0.682. The Morgan fingerprint density at radius 1 is 1.28 bits per heavy atom. The average Bonchev–Trinajstić information content (AvgIpc) is 3.03. The Morgan fingerprint density at radius 2 is 2.04 bits per heavy atom. The second kappa shape index (κ2) is 11.5. The SMILES string of the molecule is CCNC(=NCCc1ncc(CC)s1)NC(C)c1ccccc1C.I. The van der Waals surface area contributed by atoms with Crippen molar-refractivity contribution in [3.05, 3.63) is 51.5 Å². The van der Waals surface area contributed by atoms with Crippen molar-refractivity contribution >= 4 is 41.3 Å². The topological polar surface area (TPSA) is 49.3 Å². The standard InChI is InChI=1S/C19H28N4S.HI/c1-5-16-13-22-18(24-16)11-12-21-19(20-6-2)23-15(4)17-10-8-7-9-14(17)3;/h7-10,13,15H,5-6,11-12H2,1-4H3,(H2,20,21,23);1H. The summed E-state index contributed by atoms with van der Waals surface area (Å²) in [5.74, 6) is 0.862. The summed E-state index contributed by atoms with van der Waals surface area (Å²) in [7, 11) is 0. The van der Waals surface area contributed by atoms with Crippen molar-refractivity contribution < 1.29 is 0 Å². The van der Waals surface area contributed by atoms with E-state index in [4.69, 9.17) is 4.99 Å². The lowest BCUT2D eigenvalue weighted by Crippen LogP contribution is -2.39. The molecule has 25 heavy (non-hydrogen) atoms. The van der Waals surface area contributed by atoms with Crippen molar-refractivity contribution in [2.45, 2.75) is 46.6 Å². The van der Waals surface area contributed by atoms with Crippen LogP contribution in [0.3, 0.4) is 0 Å². The minimum absolute atomic E-state index is 0. The van der Waals surface area contributed by atoms with E-state index < -0.39 is 0 Å². The van der Waals surface area contributed by atoms with Gasteiger partial charge >= 0.3 is 0 Å². The Kier molecular flexibility index (Phi) is 10.0. The van der Waals surface area contributed by atoms with E-state index in [-0.39, 0.29) is 30.0 Å². The maximum atomic E-state index is 4.70. The zero-order valence-corrected chi connectivity index (χ0v) is 18.7. The van der Waals surface area contributed by atoms with Crippen molar-refractivity contribution in [3.63, 3.8) is 0 Å². The van der Waals surface area contributed by atoms with Gasteiger partial charge in [0, 0.05) is 30.6 Å². The maximum absolute atomic E-state index is 4.70. The summed E-state index contributed by atoms with van der Waals surface area (Å²) in [5.41, 5.74) is 2.60. The fourth-order valence-corrected chi connectivity index (χ4v) is 3.42. The van der Waals surface area contributed by atoms with E-state index in [0.29, 0.717) is 0 Å². The first-order valence-electron chi connectivity index (χ1n) is 8.68. The van der Waals surface area contributed by atoms with Crippen LogP contribution in [-0.4, -0.2) is 24.0 Å². The van der Waals surface area contributed by atoms with E-state index in [2.05, 4.69) is 67.6 Å². The first kappa shape index (κ1) is 21.9. The fourth-order valence-electron chi connectivity index (χ4n) is 2.57. The zero-order chi connectivity index (χ0) is 17.4. The summed E-state index contributed by atoms with van der Waals surface area (Å²) < 4.78 is 0. The molecule has 0 spiro atoms. The molecule has 2 rings (SSSR count). The molecule has 0 aliphatic carbocycles. The molecular weight excluding hydrogens is 443 g/mol. The molecule has 2 aromatic rings. The number of hydrogen-bond donors (Lipinski definition) is 2. The highest BCUT2D eigenvalue weighted by Crippen LogP contribution is 2.16. The molecule has 0 bridgehead atoms. The van der Waals surface area contributed by atoms with Gasteiger partial charge in [-0.05, 0) is 38.3 Å². The van der Waals surface area contributed by atoms with Crippen LogP contribution < -0.4 is 10.6 Å². The van der Waals surface area contributed by atoms with Crippen LogP contribution >= 0.6 is 35.3 Å². The molecular formula is C19H29IN4S. The Bertz CT molecular complexity index is 669. The van der Waals surface area contributed by atoms with Gasteiger partial charge in [-0.15, -0.1) is 35.3 Å².